The summed E-state index contributed by atoms with van der Waals surface area (Å²) in [4.78, 5) is 0. The van der Waals surface area contributed by atoms with Gasteiger partial charge < -0.3 is 14.9 Å². The van der Waals surface area contributed by atoms with E-state index in [0.29, 0.717) is 6.61 Å². The molecular formula is C14H30O3. The molecule has 0 rings (SSSR count). The lowest BCUT2D eigenvalue weighted by Gasteiger charge is -2.05. The van der Waals surface area contributed by atoms with Crippen molar-refractivity contribution in [3.63, 3.8) is 0 Å². The maximum absolute atomic E-state index is 8.45. The molecule has 0 aromatic rings. The van der Waals surface area contributed by atoms with Crippen LogP contribution < -0.4 is 0 Å². The molecule has 0 fully saturated rings. The van der Waals surface area contributed by atoms with Gasteiger partial charge in [-0.2, -0.15) is 0 Å². The highest BCUT2D eigenvalue weighted by molar-refractivity contribution is 4.47. The Balaban J connectivity index is 2.89. The number of hydrogen-bond donors (Lipinski definition) is 2. The van der Waals surface area contributed by atoms with Gasteiger partial charge in [-0.1, -0.05) is 71.1 Å². The Hall–Kier alpha value is -0.120. The van der Waals surface area contributed by atoms with Crippen molar-refractivity contribution in [2.24, 2.45) is 0 Å². The molecule has 0 heterocycles. The van der Waals surface area contributed by atoms with Crippen LogP contribution in [0, 0.1) is 0 Å². The first-order valence-electron chi connectivity index (χ1n) is 7.25. The molecule has 0 bridgehead atoms. The Morgan fingerprint density at radius 3 is 1.53 bits per heavy atom. The lowest BCUT2D eigenvalue weighted by Crippen LogP contribution is -2.10. The van der Waals surface area contributed by atoms with Crippen molar-refractivity contribution in [3.05, 3.63) is 0 Å². The van der Waals surface area contributed by atoms with Crippen molar-refractivity contribution >= 4 is 0 Å². The largest absolute Gasteiger partial charge is 0.346 e. The Bertz CT molecular complexity index is 137. The normalized spacial score (nSPS) is 11.3. The molecule has 0 radical (unpaired) electrons. The van der Waals surface area contributed by atoms with Crippen LogP contribution in [0.25, 0.3) is 0 Å². The summed E-state index contributed by atoms with van der Waals surface area (Å²) in [5.41, 5.74) is 0. The average Bonchev–Trinajstić information content (AvgIpc) is 2.30. The summed E-state index contributed by atoms with van der Waals surface area (Å²) in [6.07, 6.45) is 14.2. The minimum absolute atomic E-state index is 0.453. The number of aliphatic hydroxyl groups is 2. The van der Waals surface area contributed by atoms with Gasteiger partial charge in [0.05, 0.1) is 6.61 Å². The summed E-state index contributed by atoms with van der Waals surface area (Å²) < 4.78 is 4.64. The highest BCUT2D eigenvalue weighted by Gasteiger charge is 1.96. The summed E-state index contributed by atoms with van der Waals surface area (Å²) >= 11 is 0. The SMILES string of the molecule is CCCCCCCCCCCCCOC(O)O. The summed E-state index contributed by atoms with van der Waals surface area (Å²) in [5.74, 6) is 0. The highest BCUT2D eigenvalue weighted by Crippen LogP contribution is 2.11. The first-order valence-corrected chi connectivity index (χ1v) is 7.25. The van der Waals surface area contributed by atoms with E-state index in [0.717, 1.165) is 12.8 Å². The van der Waals surface area contributed by atoms with E-state index in [9.17, 15) is 0 Å². The maximum Gasteiger partial charge on any atom is 0.266 e. The fraction of sp³-hybridized carbons (Fsp3) is 1.00. The first kappa shape index (κ1) is 16.9. The number of aliphatic hydroxyl groups excluding tert-OH is 1. The number of unbranched alkanes of at least 4 members (excludes halogenated alkanes) is 10. The van der Waals surface area contributed by atoms with Gasteiger partial charge in [-0.15, -0.1) is 0 Å². The van der Waals surface area contributed by atoms with Crippen LogP contribution in [-0.2, 0) is 4.74 Å². The van der Waals surface area contributed by atoms with Gasteiger partial charge in [0.15, 0.2) is 0 Å². The van der Waals surface area contributed by atoms with Gasteiger partial charge in [0, 0.05) is 0 Å². The number of ether oxygens (including phenoxy) is 1. The smallest absolute Gasteiger partial charge is 0.266 e. The van der Waals surface area contributed by atoms with Gasteiger partial charge in [-0.25, -0.2) is 0 Å². The minimum Gasteiger partial charge on any atom is -0.346 e. The highest BCUT2D eigenvalue weighted by atomic mass is 16.7. The maximum atomic E-state index is 8.45. The van der Waals surface area contributed by atoms with E-state index in [1.165, 1.54) is 57.8 Å². The molecule has 0 saturated heterocycles. The van der Waals surface area contributed by atoms with Crippen molar-refractivity contribution in [3.8, 4) is 0 Å². The topological polar surface area (TPSA) is 49.7 Å². The fourth-order valence-electron chi connectivity index (χ4n) is 1.96. The molecule has 0 aliphatic rings. The Kier molecular flexibility index (Phi) is 13.8. The van der Waals surface area contributed by atoms with Gasteiger partial charge in [0.25, 0.3) is 6.48 Å². The van der Waals surface area contributed by atoms with Crippen LogP contribution in [0.3, 0.4) is 0 Å². The van der Waals surface area contributed by atoms with Crippen molar-refractivity contribution in [2.45, 2.75) is 84.0 Å². The van der Waals surface area contributed by atoms with E-state index in [1.54, 1.807) is 0 Å². The molecule has 2 N–H and O–H groups in total. The Morgan fingerprint density at radius 1 is 0.706 bits per heavy atom. The molecule has 0 spiro atoms. The minimum atomic E-state index is -1.60. The zero-order valence-electron chi connectivity index (χ0n) is 11.4. The van der Waals surface area contributed by atoms with E-state index in [1.807, 2.05) is 0 Å². The summed E-state index contributed by atoms with van der Waals surface area (Å²) in [7, 11) is 0. The van der Waals surface area contributed by atoms with Crippen LogP contribution in [-0.4, -0.2) is 23.3 Å². The van der Waals surface area contributed by atoms with Crippen LogP contribution >= 0.6 is 0 Å². The van der Waals surface area contributed by atoms with Gasteiger partial charge in [-0.3, -0.25) is 0 Å². The fourth-order valence-corrected chi connectivity index (χ4v) is 1.96. The molecule has 0 aliphatic carbocycles. The molecule has 0 atom stereocenters. The van der Waals surface area contributed by atoms with Crippen molar-refractivity contribution in [2.75, 3.05) is 6.61 Å². The molecule has 3 heteroatoms. The summed E-state index contributed by atoms with van der Waals surface area (Å²) in [5, 5.41) is 16.9. The predicted molar refractivity (Wildman–Crippen MR) is 70.6 cm³/mol. The molecule has 0 aromatic heterocycles. The second kappa shape index (κ2) is 13.9. The second-order valence-electron chi connectivity index (χ2n) is 4.73. The lowest BCUT2D eigenvalue weighted by atomic mass is 10.1. The molecule has 17 heavy (non-hydrogen) atoms. The van der Waals surface area contributed by atoms with Gasteiger partial charge in [0.1, 0.15) is 0 Å². The van der Waals surface area contributed by atoms with Crippen LogP contribution in [0.4, 0.5) is 0 Å². The average molecular weight is 246 g/mol. The van der Waals surface area contributed by atoms with Gasteiger partial charge in [-0.05, 0) is 6.42 Å². The Labute approximate surface area is 106 Å². The van der Waals surface area contributed by atoms with Crippen molar-refractivity contribution in [1.82, 2.24) is 0 Å². The van der Waals surface area contributed by atoms with Crippen LogP contribution in [0.15, 0.2) is 0 Å². The van der Waals surface area contributed by atoms with Crippen molar-refractivity contribution in [1.29, 1.82) is 0 Å². The molecule has 0 aliphatic heterocycles. The molecule has 104 valence electrons. The van der Waals surface area contributed by atoms with E-state index in [4.69, 9.17) is 10.2 Å². The molecule has 0 aromatic carbocycles. The zero-order chi connectivity index (χ0) is 12.8. The third-order valence-corrected chi connectivity index (χ3v) is 3.01. The molecular weight excluding hydrogens is 216 g/mol. The van der Waals surface area contributed by atoms with E-state index < -0.39 is 6.48 Å². The Morgan fingerprint density at radius 2 is 1.12 bits per heavy atom. The number of hydrogen-bond acceptors (Lipinski definition) is 3. The lowest BCUT2D eigenvalue weighted by molar-refractivity contribution is -0.234. The monoisotopic (exact) mass is 246 g/mol. The predicted octanol–water partition coefficient (Wildman–Crippen LogP) is 3.58. The molecule has 0 saturated carbocycles. The van der Waals surface area contributed by atoms with E-state index in [2.05, 4.69) is 11.7 Å². The first-order chi connectivity index (χ1) is 8.27. The third-order valence-electron chi connectivity index (χ3n) is 3.01. The molecule has 0 amide bonds. The second-order valence-corrected chi connectivity index (χ2v) is 4.73. The van der Waals surface area contributed by atoms with Gasteiger partial charge in [0.2, 0.25) is 0 Å². The van der Waals surface area contributed by atoms with E-state index in [-0.39, 0.29) is 0 Å². The molecule has 0 unspecified atom stereocenters. The van der Waals surface area contributed by atoms with E-state index >= 15 is 0 Å². The summed E-state index contributed by atoms with van der Waals surface area (Å²) in [6, 6.07) is 0. The zero-order valence-corrected chi connectivity index (χ0v) is 11.4. The van der Waals surface area contributed by atoms with Crippen molar-refractivity contribution < 1.29 is 14.9 Å². The number of rotatable bonds is 13. The van der Waals surface area contributed by atoms with Crippen LogP contribution in [0.1, 0.15) is 77.6 Å². The standard InChI is InChI=1S/C14H30O3/c1-2-3-4-5-6-7-8-9-10-11-12-13-17-14(15)16/h14-16H,2-13H2,1H3. The van der Waals surface area contributed by atoms with Gasteiger partial charge >= 0.3 is 0 Å². The van der Waals surface area contributed by atoms with Crippen LogP contribution in [0.2, 0.25) is 0 Å². The molecule has 3 nitrogen and oxygen atoms in total. The third kappa shape index (κ3) is 15.9. The quantitative estimate of drug-likeness (QED) is 0.386. The summed E-state index contributed by atoms with van der Waals surface area (Å²) in [6.45, 7) is 1.10. The van der Waals surface area contributed by atoms with Crippen LogP contribution in [0.5, 0.6) is 0 Å².